The third-order valence-electron chi connectivity index (χ3n) is 3.89. The van der Waals surface area contributed by atoms with E-state index in [1.807, 2.05) is 0 Å². The molecule has 0 spiro atoms. The predicted octanol–water partition coefficient (Wildman–Crippen LogP) is 1.34. The number of rotatable bonds is 4. The molecule has 2 rings (SSSR count). The molecule has 1 aliphatic rings. The third-order valence-corrected chi connectivity index (χ3v) is 5.38. The van der Waals surface area contributed by atoms with E-state index in [2.05, 4.69) is 18.6 Å². The Balaban J connectivity index is 2.14. The van der Waals surface area contributed by atoms with Crippen molar-refractivity contribution in [3.63, 3.8) is 0 Å². The Morgan fingerprint density at radius 1 is 1.53 bits per heavy atom. The van der Waals surface area contributed by atoms with Gasteiger partial charge in [0, 0.05) is 31.5 Å². The Morgan fingerprint density at radius 2 is 2.21 bits per heavy atom. The minimum Gasteiger partial charge on any atom is -0.352 e. The molecule has 108 valence electrons. The molecule has 1 aliphatic carbocycles. The van der Waals surface area contributed by atoms with Crippen LogP contribution in [0.5, 0.6) is 0 Å². The van der Waals surface area contributed by atoms with Gasteiger partial charge in [-0.3, -0.25) is 0 Å². The van der Waals surface area contributed by atoms with E-state index in [4.69, 9.17) is 5.73 Å². The molecule has 1 heterocycles. The van der Waals surface area contributed by atoms with Crippen LogP contribution in [0.1, 0.15) is 38.8 Å². The molecule has 0 radical (unpaired) electrons. The molecular weight excluding hydrogens is 262 g/mol. The molecule has 0 bridgehead atoms. The standard InChI is InChI=1S/C13H23N3O2S/c1-13(2)5-4-10(7-13)15-19(17,18)12-6-11(8-14)16(3)9-12/h6,9-10,15H,4-5,7-8,14H2,1-3H3. The normalized spacial score (nSPS) is 22.8. The summed E-state index contributed by atoms with van der Waals surface area (Å²) in [6.07, 6.45) is 4.47. The molecule has 1 atom stereocenters. The van der Waals surface area contributed by atoms with E-state index in [0.29, 0.717) is 11.4 Å². The summed E-state index contributed by atoms with van der Waals surface area (Å²) in [4.78, 5) is 0.306. The fourth-order valence-corrected chi connectivity index (χ4v) is 4.12. The smallest absolute Gasteiger partial charge is 0.242 e. The molecule has 5 nitrogen and oxygen atoms in total. The van der Waals surface area contributed by atoms with Crippen LogP contribution in [0.15, 0.2) is 17.2 Å². The maximum atomic E-state index is 12.3. The Hall–Kier alpha value is -0.850. The van der Waals surface area contributed by atoms with Crippen molar-refractivity contribution < 1.29 is 8.42 Å². The minimum absolute atomic E-state index is 0.0431. The summed E-state index contributed by atoms with van der Waals surface area (Å²) in [5, 5.41) is 0. The largest absolute Gasteiger partial charge is 0.352 e. The van der Waals surface area contributed by atoms with E-state index < -0.39 is 10.0 Å². The van der Waals surface area contributed by atoms with E-state index in [1.54, 1.807) is 23.9 Å². The predicted molar refractivity (Wildman–Crippen MR) is 75.0 cm³/mol. The van der Waals surface area contributed by atoms with Crippen molar-refractivity contribution in [2.75, 3.05) is 0 Å². The van der Waals surface area contributed by atoms with Gasteiger partial charge < -0.3 is 10.3 Å². The molecule has 6 heteroatoms. The van der Waals surface area contributed by atoms with Gasteiger partial charge in [-0.2, -0.15) is 0 Å². The van der Waals surface area contributed by atoms with Crippen molar-refractivity contribution in [1.82, 2.24) is 9.29 Å². The van der Waals surface area contributed by atoms with Gasteiger partial charge in [0.05, 0.1) is 4.90 Å². The summed E-state index contributed by atoms with van der Waals surface area (Å²) in [6, 6.07) is 1.68. The molecule has 1 unspecified atom stereocenters. The summed E-state index contributed by atoms with van der Waals surface area (Å²) in [7, 11) is -1.63. The highest BCUT2D eigenvalue weighted by Gasteiger charge is 2.33. The topological polar surface area (TPSA) is 77.1 Å². The van der Waals surface area contributed by atoms with E-state index in [-0.39, 0.29) is 11.5 Å². The fourth-order valence-electron chi connectivity index (χ4n) is 2.75. The van der Waals surface area contributed by atoms with Gasteiger partial charge in [0.1, 0.15) is 0 Å². The van der Waals surface area contributed by atoms with Crippen LogP contribution >= 0.6 is 0 Å². The Labute approximate surface area is 115 Å². The zero-order valence-corrected chi connectivity index (χ0v) is 12.6. The van der Waals surface area contributed by atoms with Crippen molar-refractivity contribution in [3.8, 4) is 0 Å². The first-order chi connectivity index (χ1) is 8.73. The molecule has 1 saturated carbocycles. The summed E-state index contributed by atoms with van der Waals surface area (Å²) >= 11 is 0. The zero-order chi connectivity index (χ0) is 14.3. The second-order valence-corrected chi connectivity index (χ2v) is 7.92. The van der Waals surface area contributed by atoms with Crippen LogP contribution in [0.2, 0.25) is 0 Å². The van der Waals surface area contributed by atoms with Crippen LogP contribution in [-0.4, -0.2) is 19.0 Å². The summed E-state index contributed by atoms with van der Waals surface area (Å²) < 4.78 is 29.2. The first-order valence-electron chi connectivity index (χ1n) is 6.61. The molecule has 1 aromatic heterocycles. The highest BCUT2D eigenvalue weighted by molar-refractivity contribution is 7.89. The van der Waals surface area contributed by atoms with Crippen LogP contribution in [0.25, 0.3) is 0 Å². The monoisotopic (exact) mass is 285 g/mol. The molecule has 1 fully saturated rings. The number of aryl methyl sites for hydroxylation is 1. The number of hydrogen-bond donors (Lipinski definition) is 2. The van der Waals surface area contributed by atoms with E-state index in [0.717, 1.165) is 25.0 Å². The van der Waals surface area contributed by atoms with Crippen molar-refractivity contribution in [1.29, 1.82) is 0 Å². The number of nitrogens with two attached hydrogens (primary N) is 1. The van der Waals surface area contributed by atoms with E-state index >= 15 is 0 Å². The molecular formula is C13H23N3O2S. The van der Waals surface area contributed by atoms with Crippen LogP contribution in [0, 0.1) is 5.41 Å². The maximum absolute atomic E-state index is 12.3. The second kappa shape index (κ2) is 4.92. The van der Waals surface area contributed by atoms with Gasteiger partial charge in [0.2, 0.25) is 10.0 Å². The number of aromatic nitrogens is 1. The fraction of sp³-hybridized carbons (Fsp3) is 0.692. The zero-order valence-electron chi connectivity index (χ0n) is 11.8. The van der Waals surface area contributed by atoms with Crippen molar-refractivity contribution in [3.05, 3.63) is 18.0 Å². The van der Waals surface area contributed by atoms with Gasteiger partial charge in [0.25, 0.3) is 0 Å². The summed E-state index contributed by atoms with van der Waals surface area (Å²) in [5.74, 6) is 0. The maximum Gasteiger partial charge on any atom is 0.242 e. The lowest BCUT2D eigenvalue weighted by Gasteiger charge is -2.17. The van der Waals surface area contributed by atoms with Crippen LogP contribution in [0.4, 0.5) is 0 Å². The Bertz CT molecular complexity index is 560. The lowest BCUT2D eigenvalue weighted by Crippen LogP contribution is -2.33. The molecule has 0 aromatic carbocycles. The molecule has 1 aromatic rings. The Morgan fingerprint density at radius 3 is 2.68 bits per heavy atom. The minimum atomic E-state index is -3.43. The lowest BCUT2D eigenvalue weighted by molar-refractivity contribution is 0.372. The molecule has 0 saturated heterocycles. The molecule has 19 heavy (non-hydrogen) atoms. The summed E-state index contributed by atoms with van der Waals surface area (Å²) in [5.41, 5.74) is 6.61. The van der Waals surface area contributed by atoms with Gasteiger partial charge >= 0.3 is 0 Å². The average Bonchev–Trinajstić information content (AvgIpc) is 2.81. The molecule has 3 N–H and O–H groups in total. The summed E-state index contributed by atoms with van der Waals surface area (Å²) in [6.45, 7) is 4.69. The molecule has 0 amide bonds. The SMILES string of the molecule is Cn1cc(S(=O)(=O)NC2CCC(C)(C)C2)cc1CN. The number of nitrogens with zero attached hydrogens (tertiary/aromatic N) is 1. The Kier molecular flexibility index (Phi) is 3.77. The number of nitrogens with one attached hydrogen (secondary N) is 1. The molecule has 0 aliphatic heterocycles. The van der Waals surface area contributed by atoms with Gasteiger partial charge in [-0.1, -0.05) is 13.8 Å². The van der Waals surface area contributed by atoms with Gasteiger partial charge in [-0.15, -0.1) is 0 Å². The lowest BCUT2D eigenvalue weighted by atomic mass is 9.92. The first kappa shape index (κ1) is 14.6. The second-order valence-electron chi connectivity index (χ2n) is 6.21. The highest BCUT2D eigenvalue weighted by atomic mass is 32.2. The number of hydrogen-bond acceptors (Lipinski definition) is 3. The van der Waals surface area contributed by atoms with Crippen LogP contribution < -0.4 is 10.5 Å². The average molecular weight is 285 g/mol. The van der Waals surface area contributed by atoms with Gasteiger partial charge in [0.15, 0.2) is 0 Å². The van der Waals surface area contributed by atoms with Crippen molar-refractivity contribution in [2.24, 2.45) is 18.2 Å². The third kappa shape index (κ3) is 3.19. The van der Waals surface area contributed by atoms with Crippen LogP contribution in [-0.2, 0) is 23.6 Å². The quantitative estimate of drug-likeness (QED) is 0.876. The van der Waals surface area contributed by atoms with Crippen molar-refractivity contribution >= 4 is 10.0 Å². The van der Waals surface area contributed by atoms with Gasteiger partial charge in [-0.05, 0) is 30.7 Å². The highest BCUT2D eigenvalue weighted by Crippen LogP contribution is 2.37. The van der Waals surface area contributed by atoms with Crippen LogP contribution in [0.3, 0.4) is 0 Å². The number of sulfonamides is 1. The van der Waals surface area contributed by atoms with E-state index in [9.17, 15) is 8.42 Å². The van der Waals surface area contributed by atoms with Crippen molar-refractivity contribution in [2.45, 2.75) is 50.6 Å². The van der Waals surface area contributed by atoms with E-state index in [1.165, 1.54) is 0 Å². The first-order valence-corrected chi connectivity index (χ1v) is 8.09. The van der Waals surface area contributed by atoms with Gasteiger partial charge in [-0.25, -0.2) is 13.1 Å².